The lowest BCUT2D eigenvalue weighted by Crippen LogP contribution is -2.19. The smallest absolute Gasteiger partial charge is 0.311 e. The minimum atomic E-state index is -1.25. The third-order valence-electron chi connectivity index (χ3n) is 1.60. The predicted molar refractivity (Wildman–Crippen MR) is 78.3 cm³/mol. The first-order valence-electron chi connectivity index (χ1n) is 6.13. The molecule has 18 heavy (non-hydrogen) atoms. The SMILES string of the molecule is C[SiH](C)Oc1nc(O[SiH](C)C)nc(O[SiH](C)C)n1. The van der Waals surface area contributed by atoms with E-state index < -0.39 is 27.1 Å². The van der Waals surface area contributed by atoms with Crippen LogP contribution >= 0.6 is 0 Å². The van der Waals surface area contributed by atoms with Gasteiger partial charge < -0.3 is 13.3 Å². The van der Waals surface area contributed by atoms with Crippen molar-refractivity contribution in [2.75, 3.05) is 0 Å². The minimum Gasteiger partial charge on any atom is -0.520 e. The molecule has 0 aliphatic heterocycles. The van der Waals surface area contributed by atoms with Crippen LogP contribution in [0.2, 0.25) is 39.3 Å². The van der Waals surface area contributed by atoms with Gasteiger partial charge in [-0.25, -0.2) is 0 Å². The van der Waals surface area contributed by atoms with E-state index in [0.29, 0.717) is 18.0 Å². The highest BCUT2D eigenvalue weighted by molar-refractivity contribution is 6.50. The highest BCUT2D eigenvalue weighted by atomic mass is 28.3. The summed E-state index contributed by atoms with van der Waals surface area (Å²) in [6.45, 7) is 12.3. The zero-order valence-electron chi connectivity index (χ0n) is 11.8. The molecule has 0 spiro atoms. The van der Waals surface area contributed by atoms with Crippen molar-refractivity contribution < 1.29 is 13.3 Å². The van der Waals surface area contributed by atoms with Crippen LogP contribution in [0.4, 0.5) is 0 Å². The van der Waals surface area contributed by atoms with Gasteiger partial charge in [0.05, 0.1) is 0 Å². The van der Waals surface area contributed by atoms with E-state index in [4.69, 9.17) is 13.3 Å². The van der Waals surface area contributed by atoms with Gasteiger partial charge in [0.2, 0.25) is 27.1 Å². The topological polar surface area (TPSA) is 66.4 Å². The molecule has 0 aromatic carbocycles. The van der Waals surface area contributed by atoms with Crippen LogP contribution in [0.5, 0.6) is 18.0 Å². The minimum absolute atomic E-state index is 0.320. The summed E-state index contributed by atoms with van der Waals surface area (Å²) >= 11 is 0. The second kappa shape index (κ2) is 6.85. The Morgan fingerprint density at radius 3 is 0.944 bits per heavy atom. The molecule has 0 saturated heterocycles. The van der Waals surface area contributed by atoms with E-state index >= 15 is 0 Å². The summed E-state index contributed by atoms with van der Waals surface area (Å²) in [6.07, 6.45) is 0. The molecule has 0 atom stereocenters. The fraction of sp³-hybridized carbons (Fsp3) is 0.667. The molecule has 0 unspecified atom stereocenters. The molecule has 102 valence electrons. The third kappa shape index (κ3) is 5.60. The van der Waals surface area contributed by atoms with Gasteiger partial charge in [-0.15, -0.1) is 15.0 Å². The Bertz CT molecular complexity index is 321. The molecule has 0 aliphatic rings. The van der Waals surface area contributed by atoms with Gasteiger partial charge in [-0.05, 0) is 39.3 Å². The van der Waals surface area contributed by atoms with Crippen molar-refractivity contribution in [3.8, 4) is 18.0 Å². The fourth-order valence-corrected chi connectivity index (χ4v) is 2.69. The lowest BCUT2D eigenvalue weighted by molar-refractivity contribution is 0.436. The molecule has 1 aromatic rings. The van der Waals surface area contributed by atoms with E-state index in [0.717, 1.165) is 0 Å². The van der Waals surface area contributed by atoms with Crippen molar-refractivity contribution in [3.05, 3.63) is 0 Å². The van der Waals surface area contributed by atoms with Crippen LogP contribution < -0.4 is 13.3 Å². The number of nitrogens with zero attached hydrogens (tertiary/aromatic N) is 3. The van der Waals surface area contributed by atoms with Gasteiger partial charge >= 0.3 is 18.0 Å². The van der Waals surface area contributed by atoms with E-state index in [1.54, 1.807) is 0 Å². The Morgan fingerprint density at radius 2 is 0.778 bits per heavy atom. The summed E-state index contributed by atoms with van der Waals surface area (Å²) in [6, 6.07) is 0.961. The molecule has 0 aliphatic carbocycles. The van der Waals surface area contributed by atoms with Gasteiger partial charge in [-0.3, -0.25) is 0 Å². The largest absolute Gasteiger partial charge is 0.520 e. The van der Waals surface area contributed by atoms with Crippen LogP contribution in [0.1, 0.15) is 0 Å². The van der Waals surface area contributed by atoms with Crippen LogP contribution in [-0.2, 0) is 0 Å². The molecule has 1 heterocycles. The first kappa shape index (κ1) is 15.1. The maximum atomic E-state index is 5.61. The Hall–Kier alpha value is -0.939. The third-order valence-corrected chi connectivity index (χ3v) is 3.64. The van der Waals surface area contributed by atoms with E-state index in [-0.39, 0.29) is 0 Å². The van der Waals surface area contributed by atoms with Crippen LogP contribution in [0, 0.1) is 0 Å². The normalized spacial score (nSPS) is 11.2. The summed E-state index contributed by atoms with van der Waals surface area (Å²) in [4.78, 5) is 12.5. The lowest BCUT2D eigenvalue weighted by atomic mass is 10.9. The highest BCUT2D eigenvalue weighted by Crippen LogP contribution is 2.16. The van der Waals surface area contributed by atoms with Crippen LogP contribution in [0.25, 0.3) is 0 Å². The van der Waals surface area contributed by atoms with Crippen LogP contribution in [0.3, 0.4) is 0 Å². The summed E-state index contributed by atoms with van der Waals surface area (Å²) < 4.78 is 16.8. The molecule has 0 amide bonds. The molecule has 1 rings (SSSR count). The molecule has 0 bridgehead atoms. The Kier molecular flexibility index (Phi) is 5.75. The average molecular weight is 304 g/mol. The van der Waals surface area contributed by atoms with E-state index in [1.165, 1.54) is 0 Å². The van der Waals surface area contributed by atoms with E-state index in [2.05, 4.69) is 54.2 Å². The van der Waals surface area contributed by atoms with Gasteiger partial charge in [-0.1, -0.05) is 0 Å². The first-order valence-corrected chi connectivity index (χ1v) is 14.5. The van der Waals surface area contributed by atoms with Gasteiger partial charge in [-0.2, -0.15) is 0 Å². The number of rotatable bonds is 6. The summed E-state index contributed by atoms with van der Waals surface area (Å²) in [5, 5.41) is 0. The molecule has 0 radical (unpaired) electrons. The van der Waals surface area contributed by atoms with Gasteiger partial charge in [0.1, 0.15) is 0 Å². The zero-order valence-corrected chi connectivity index (χ0v) is 15.3. The highest BCUT2D eigenvalue weighted by Gasteiger charge is 2.13. The summed E-state index contributed by atoms with van der Waals surface area (Å²) in [7, 11) is -3.75. The van der Waals surface area contributed by atoms with Crippen molar-refractivity contribution in [2.24, 2.45) is 0 Å². The number of hydrogen-bond acceptors (Lipinski definition) is 6. The fourth-order valence-electron chi connectivity index (χ4n) is 1.11. The number of hydrogen-bond donors (Lipinski definition) is 0. The molecular weight excluding hydrogens is 282 g/mol. The molecule has 1 aromatic heterocycles. The molecular formula is C9H21N3O3Si3. The van der Waals surface area contributed by atoms with Crippen molar-refractivity contribution in [1.29, 1.82) is 0 Å². The van der Waals surface area contributed by atoms with Gasteiger partial charge in [0, 0.05) is 0 Å². The standard InChI is InChI=1S/C9H21N3O3Si3/c1-16(2)13-7-10-8(14-17(3)4)12-9(11-7)15-18(5)6/h16-18H,1-6H3. The van der Waals surface area contributed by atoms with Crippen molar-refractivity contribution in [2.45, 2.75) is 39.3 Å². The molecule has 0 saturated carbocycles. The average Bonchev–Trinajstić information content (AvgIpc) is 2.12. The molecule has 0 fully saturated rings. The second-order valence-corrected chi connectivity index (χ2v) is 11.7. The molecule has 0 N–H and O–H groups in total. The zero-order chi connectivity index (χ0) is 13.7. The second-order valence-electron chi connectivity index (χ2n) is 4.68. The maximum Gasteiger partial charge on any atom is 0.311 e. The summed E-state index contributed by atoms with van der Waals surface area (Å²) in [5.74, 6) is 0. The lowest BCUT2D eigenvalue weighted by Gasteiger charge is -2.13. The van der Waals surface area contributed by atoms with Crippen molar-refractivity contribution in [3.63, 3.8) is 0 Å². The molecule has 9 heteroatoms. The monoisotopic (exact) mass is 303 g/mol. The first-order chi connectivity index (χ1) is 8.36. The Balaban J connectivity index is 2.95. The number of aromatic nitrogens is 3. The van der Waals surface area contributed by atoms with E-state index in [1.807, 2.05) is 0 Å². The van der Waals surface area contributed by atoms with Gasteiger partial charge in [0.25, 0.3) is 0 Å². The Labute approximate surface area is 113 Å². The predicted octanol–water partition coefficient (Wildman–Crippen LogP) is 0.958. The summed E-state index contributed by atoms with van der Waals surface area (Å²) in [5.41, 5.74) is 0. The van der Waals surface area contributed by atoms with Gasteiger partial charge in [0.15, 0.2) is 0 Å². The molecule has 6 nitrogen and oxygen atoms in total. The van der Waals surface area contributed by atoms with Crippen LogP contribution in [0.15, 0.2) is 0 Å². The van der Waals surface area contributed by atoms with Crippen LogP contribution in [-0.4, -0.2) is 42.1 Å². The van der Waals surface area contributed by atoms with Crippen molar-refractivity contribution >= 4 is 27.1 Å². The Morgan fingerprint density at radius 1 is 0.556 bits per heavy atom. The van der Waals surface area contributed by atoms with E-state index in [9.17, 15) is 0 Å². The van der Waals surface area contributed by atoms with Crippen molar-refractivity contribution in [1.82, 2.24) is 15.0 Å². The maximum absolute atomic E-state index is 5.61. The quantitative estimate of drug-likeness (QED) is 0.729.